The lowest BCUT2D eigenvalue weighted by atomic mass is 10.1. The molecular formula is C22H28N2O4S. The molecule has 0 atom stereocenters. The second kappa shape index (κ2) is 9.89. The first kappa shape index (κ1) is 21.3. The zero-order valence-corrected chi connectivity index (χ0v) is 17.6. The predicted molar refractivity (Wildman–Crippen MR) is 112 cm³/mol. The van der Waals surface area contributed by atoms with Crippen molar-refractivity contribution in [2.24, 2.45) is 0 Å². The molecule has 156 valence electrons. The molecule has 1 amide bonds. The van der Waals surface area contributed by atoms with Gasteiger partial charge in [0.05, 0.1) is 12.0 Å². The Hall–Kier alpha value is -2.38. The highest BCUT2D eigenvalue weighted by Gasteiger charge is 2.26. The summed E-state index contributed by atoms with van der Waals surface area (Å²) >= 11 is 0. The van der Waals surface area contributed by atoms with Crippen LogP contribution in [0.25, 0.3) is 0 Å². The lowest BCUT2D eigenvalue weighted by Crippen LogP contribution is -2.35. The number of amides is 1. The van der Waals surface area contributed by atoms with Gasteiger partial charge in [0.25, 0.3) is 0 Å². The number of carbonyl (C=O) groups excluding carboxylic acids is 1. The summed E-state index contributed by atoms with van der Waals surface area (Å²) in [5, 5.41) is 2.90. The first-order chi connectivity index (χ1) is 14.0. The van der Waals surface area contributed by atoms with Crippen LogP contribution in [0.15, 0.2) is 53.4 Å². The second-order valence-electron chi connectivity index (χ2n) is 7.20. The topological polar surface area (TPSA) is 75.7 Å². The number of carbonyl (C=O) groups is 1. The normalized spacial score (nSPS) is 15.1. The number of hydrogen-bond donors (Lipinski definition) is 1. The van der Waals surface area contributed by atoms with Crippen LogP contribution >= 0.6 is 0 Å². The lowest BCUT2D eigenvalue weighted by Gasteiger charge is -2.26. The zero-order valence-electron chi connectivity index (χ0n) is 16.8. The molecule has 29 heavy (non-hydrogen) atoms. The summed E-state index contributed by atoms with van der Waals surface area (Å²) in [6.45, 7) is 1.59. The fourth-order valence-electron chi connectivity index (χ4n) is 3.50. The Morgan fingerprint density at radius 1 is 1.07 bits per heavy atom. The Morgan fingerprint density at radius 2 is 1.79 bits per heavy atom. The Kier molecular flexibility index (Phi) is 7.28. The number of sulfonamides is 1. The Balaban J connectivity index is 1.66. The van der Waals surface area contributed by atoms with Crippen LogP contribution in [-0.4, -0.2) is 38.8 Å². The summed E-state index contributed by atoms with van der Waals surface area (Å²) in [7, 11) is -1.97. The van der Waals surface area contributed by atoms with Crippen molar-refractivity contribution in [3.63, 3.8) is 0 Å². The van der Waals surface area contributed by atoms with Gasteiger partial charge in [0.1, 0.15) is 5.75 Å². The van der Waals surface area contributed by atoms with Gasteiger partial charge in [-0.2, -0.15) is 4.31 Å². The Bertz CT molecular complexity index is 923. The summed E-state index contributed by atoms with van der Waals surface area (Å²) in [6.07, 6.45) is 3.52. The molecule has 6 nitrogen and oxygen atoms in total. The molecule has 1 saturated heterocycles. The largest absolute Gasteiger partial charge is 0.496 e. The van der Waals surface area contributed by atoms with Gasteiger partial charge in [0.15, 0.2) is 0 Å². The van der Waals surface area contributed by atoms with Crippen LogP contribution in [-0.2, 0) is 27.8 Å². The van der Waals surface area contributed by atoms with E-state index in [1.165, 1.54) is 0 Å². The summed E-state index contributed by atoms with van der Waals surface area (Å²) in [5.74, 6) is 0.513. The molecule has 0 spiro atoms. The third-order valence-corrected chi connectivity index (χ3v) is 7.05. The molecule has 2 aromatic carbocycles. The van der Waals surface area contributed by atoms with E-state index < -0.39 is 10.0 Å². The third kappa shape index (κ3) is 5.58. The number of nitrogens with zero attached hydrogens (tertiary/aromatic N) is 1. The van der Waals surface area contributed by atoms with E-state index in [2.05, 4.69) is 5.32 Å². The molecule has 2 aromatic rings. The van der Waals surface area contributed by atoms with Crippen molar-refractivity contribution in [2.45, 2.75) is 43.5 Å². The van der Waals surface area contributed by atoms with Gasteiger partial charge in [-0.05, 0) is 48.6 Å². The van der Waals surface area contributed by atoms with Crippen LogP contribution in [0.5, 0.6) is 5.75 Å². The number of rotatable bonds is 8. The van der Waals surface area contributed by atoms with Gasteiger partial charge >= 0.3 is 0 Å². The number of aryl methyl sites for hydroxylation is 1. The number of nitrogens with one attached hydrogen (secondary N) is 1. The average Bonchev–Trinajstić information content (AvgIpc) is 2.77. The van der Waals surface area contributed by atoms with E-state index >= 15 is 0 Å². The molecule has 1 fully saturated rings. The van der Waals surface area contributed by atoms with Crippen LogP contribution in [0.4, 0.5) is 0 Å². The number of methoxy groups -OCH3 is 1. The Labute approximate surface area is 172 Å². The molecular weight excluding hydrogens is 388 g/mol. The van der Waals surface area contributed by atoms with E-state index in [1.54, 1.807) is 29.6 Å². The van der Waals surface area contributed by atoms with Crippen molar-refractivity contribution in [2.75, 3.05) is 20.2 Å². The fourth-order valence-corrected chi connectivity index (χ4v) is 5.07. The first-order valence-electron chi connectivity index (χ1n) is 9.98. The second-order valence-corrected chi connectivity index (χ2v) is 9.14. The molecule has 3 rings (SSSR count). The number of benzene rings is 2. The van der Waals surface area contributed by atoms with Gasteiger partial charge in [-0.15, -0.1) is 0 Å². The van der Waals surface area contributed by atoms with Crippen molar-refractivity contribution in [1.29, 1.82) is 0 Å². The van der Waals surface area contributed by atoms with Crippen LogP contribution < -0.4 is 10.1 Å². The molecule has 0 bridgehead atoms. The summed E-state index contributed by atoms with van der Waals surface area (Å²) in [4.78, 5) is 12.5. The third-order valence-electron chi connectivity index (χ3n) is 5.16. The van der Waals surface area contributed by atoms with Crippen LogP contribution in [0.2, 0.25) is 0 Å². The van der Waals surface area contributed by atoms with E-state index in [0.29, 0.717) is 31.8 Å². The first-order valence-corrected chi connectivity index (χ1v) is 11.4. The number of piperidine rings is 1. The van der Waals surface area contributed by atoms with E-state index in [1.807, 2.05) is 30.3 Å². The SMILES string of the molecule is COc1ccc(S(=O)(=O)N2CCCCC2)cc1CCC(=O)NCc1ccccc1. The molecule has 0 aliphatic carbocycles. The van der Waals surface area contributed by atoms with Gasteiger partial charge in [-0.1, -0.05) is 36.8 Å². The molecule has 1 heterocycles. The van der Waals surface area contributed by atoms with Crippen LogP contribution in [0, 0.1) is 0 Å². The molecule has 0 saturated carbocycles. The maximum atomic E-state index is 12.9. The summed E-state index contributed by atoms with van der Waals surface area (Å²) < 4.78 is 32.8. The highest BCUT2D eigenvalue weighted by Crippen LogP contribution is 2.27. The number of ether oxygens (including phenoxy) is 1. The van der Waals surface area contributed by atoms with Gasteiger partial charge in [0, 0.05) is 26.1 Å². The van der Waals surface area contributed by atoms with Gasteiger partial charge in [0.2, 0.25) is 15.9 Å². The van der Waals surface area contributed by atoms with Crippen LogP contribution in [0.1, 0.15) is 36.8 Å². The van der Waals surface area contributed by atoms with Crippen LogP contribution in [0.3, 0.4) is 0 Å². The minimum absolute atomic E-state index is 0.0832. The average molecular weight is 417 g/mol. The molecule has 0 radical (unpaired) electrons. The predicted octanol–water partition coefficient (Wildman–Crippen LogP) is 3.12. The maximum absolute atomic E-state index is 12.9. The highest BCUT2D eigenvalue weighted by atomic mass is 32.2. The van der Waals surface area contributed by atoms with Crippen molar-refractivity contribution in [3.8, 4) is 5.75 Å². The fraction of sp³-hybridized carbons (Fsp3) is 0.409. The smallest absolute Gasteiger partial charge is 0.243 e. The number of hydrogen-bond acceptors (Lipinski definition) is 4. The van der Waals surface area contributed by atoms with Gasteiger partial charge in [-0.25, -0.2) is 8.42 Å². The minimum Gasteiger partial charge on any atom is -0.496 e. The molecule has 0 aromatic heterocycles. The summed E-state index contributed by atoms with van der Waals surface area (Å²) in [5.41, 5.74) is 1.76. The van der Waals surface area contributed by atoms with Crippen molar-refractivity contribution in [3.05, 3.63) is 59.7 Å². The van der Waals surface area contributed by atoms with Gasteiger partial charge < -0.3 is 10.1 Å². The van der Waals surface area contributed by atoms with E-state index in [4.69, 9.17) is 4.74 Å². The van der Waals surface area contributed by atoms with E-state index in [0.717, 1.165) is 30.4 Å². The van der Waals surface area contributed by atoms with E-state index in [-0.39, 0.29) is 17.2 Å². The van der Waals surface area contributed by atoms with E-state index in [9.17, 15) is 13.2 Å². The molecule has 1 aliphatic rings. The summed E-state index contributed by atoms with van der Waals surface area (Å²) in [6, 6.07) is 14.6. The minimum atomic E-state index is -3.52. The molecule has 7 heteroatoms. The maximum Gasteiger partial charge on any atom is 0.243 e. The van der Waals surface area contributed by atoms with Crippen molar-refractivity contribution >= 4 is 15.9 Å². The molecule has 1 aliphatic heterocycles. The highest BCUT2D eigenvalue weighted by molar-refractivity contribution is 7.89. The lowest BCUT2D eigenvalue weighted by molar-refractivity contribution is -0.121. The Morgan fingerprint density at radius 3 is 2.48 bits per heavy atom. The van der Waals surface area contributed by atoms with Crippen molar-refractivity contribution in [1.82, 2.24) is 9.62 Å². The van der Waals surface area contributed by atoms with Crippen molar-refractivity contribution < 1.29 is 17.9 Å². The quantitative estimate of drug-likeness (QED) is 0.717. The monoisotopic (exact) mass is 416 g/mol. The molecule has 1 N–H and O–H groups in total. The molecule has 0 unspecified atom stereocenters. The van der Waals surface area contributed by atoms with Gasteiger partial charge in [-0.3, -0.25) is 4.79 Å². The zero-order chi connectivity index (χ0) is 20.7. The standard InChI is InChI=1S/C22H28N2O4S/c1-28-21-12-11-20(29(26,27)24-14-6-3-7-15-24)16-19(21)10-13-22(25)23-17-18-8-4-2-5-9-18/h2,4-5,8-9,11-12,16H,3,6-7,10,13-15,17H2,1H3,(H,23,25).